The highest BCUT2D eigenvalue weighted by Gasteiger charge is 2.30. The summed E-state index contributed by atoms with van der Waals surface area (Å²) in [5.74, 6) is 1.14. The number of nitrogens with zero attached hydrogens (tertiary/aromatic N) is 1. The number of methoxy groups -OCH3 is 1. The van der Waals surface area contributed by atoms with Crippen LogP contribution in [0.5, 0.6) is 5.75 Å². The number of carbonyl (C=O) groups excluding carboxylic acids is 1. The maximum absolute atomic E-state index is 11.7. The second-order valence-corrected chi connectivity index (χ2v) is 4.35. The molecule has 2 aliphatic heterocycles. The van der Waals surface area contributed by atoms with Crippen LogP contribution in [0.15, 0.2) is 28.9 Å². The molecule has 3 rings (SSSR count). The number of esters is 1. The van der Waals surface area contributed by atoms with Crippen molar-refractivity contribution in [2.24, 2.45) is 4.99 Å². The Kier molecular flexibility index (Phi) is 2.74. The Morgan fingerprint density at radius 2 is 2.32 bits per heavy atom. The summed E-state index contributed by atoms with van der Waals surface area (Å²) >= 11 is 0. The zero-order valence-electron chi connectivity index (χ0n) is 10.8. The number of fused-ring (bicyclic) bond motifs is 2. The van der Waals surface area contributed by atoms with Gasteiger partial charge < -0.3 is 14.8 Å². The zero-order valence-corrected chi connectivity index (χ0v) is 10.8. The Hall–Kier alpha value is -2.30. The topological polar surface area (TPSA) is 59.9 Å². The Bertz CT molecular complexity index is 617. The van der Waals surface area contributed by atoms with E-state index in [9.17, 15) is 4.79 Å². The summed E-state index contributed by atoms with van der Waals surface area (Å²) in [5, 5.41) is 3.25. The van der Waals surface area contributed by atoms with Crippen molar-refractivity contribution in [2.45, 2.75) is 13.3 Å². The molecule has 98 valence electrons. The molecule has 5 nitrogen and oxygen atoms in total. The Morgan fingerprint density at radius 3 is 3.05 bits per heavy atom. The van der Waals surface area contributed by atoms with Gasteiger partial charge in [0.25, 0.3) is 0 Å². The zero-order chi connectivity index (χ0) is 13.4. The van der Waals surface area contributed by atoms with Gasteiger partial charge in [0.2, 0.25) is 0 Å². The number of hydrogen-bond donors (Lipinski definition) is 1. The molecule has 1 aromatic carbocycles. The number of carbonyl (C=O) groups is 1. The summed E-state index contributed by atoms with van der Waals surface area (Å²) in [6, 6.07) is 5.70. The number of cyclic esters (lactones) is 1. The lowest BCUT2D eigenvalue weighted by Gasteiger charge is -2.12. The van der Waals surface area contributed by atoms with Crippen LogP contribution in [0.4, 0.5) is 5.69 Å². The second kappa shape index (κ2) is 4.42. The second-order valence-electron chi connectivity index (χ2n) is 4.35. The van der Waals surface area contributed by atoms with Crippen LogP contribution in [0.1, 0.15) is 18.9 Å². The van der Waals surface area contributed by atoms with E-state index >= 15 is 0 Å². The fraction of sp³-hybridized carbons (Fsp3) is 0.286. The van der Waals surface area contributed by atoms with Gasteiger partial charge in [-0.1, -0.05) is 6.92 Å². The molecule has 0 bridgehead atoms. The highest BCUT2D eigenvalue weighted by Crippen LogP contribution is 2.36. The smallest absolute Gasteiger partial charge is 0.357 e. The van der Waals surface area contributed by atoms with Gasteiger partial charge in [-0.25, -0.2) is 9.79 Å². The van der Waals surface area contributed by atoms with E-state index < -0.39 is 0 Å². The number of rotatable bonds is 2. The van der Waals surface area contributed by atoms with Crippen LogP contribution in [-0.2, 0) is 9.53 Å². The Morgan fingerprint density at radius 1 is 1.47 bits per heavy atom. The third kappa shape index (κ3) is 1.87. The molecule has 0 atom stereocenters. The molecule has 0 fully saturated rings. The van der Waals surface area contributed by atoms with Crippen molar-refractivity contribution >= 4 is 23.1 Å². The van der Waals surface area contributed by atoms with Gasteiger partial charge in [-0.05, 0) is 18.2 Å². The molecule has 0 unspecified atom stereocenters. The highest BCUT2D eigenvalue weighted by atomic mass is 16.5. The largest absolute Gasteiger partial charge is 0.497 e. The van der Waals surface area contributed by atoms with Gasteiger partial charge in [0.15, 0.2) is 5.70 Å². The first-order valence-corrected chi connectivity index (χ1v) is 6.16. The summed E-state index contributed by atoms with van der Waals surface area (Å²) < 4.78 is 10.3. The number of hydrogen-bond acceptors (Lipinski definition) is 5. The van der Waals surface area contributed by atoms with Crippen molar-refractivity contribution < 1.29 is 14.3 Å². The minimum absolute atomic E-state index is 0.260. The van der Waals surface area contributed by atoms with Gasteiger partial charge in [0.05, 0.1) is 7.11 Å². The predicted octanol–water partition coefficient (Wildman–Crippen LogP) is 2.20. The molecule has 0 aliphatic carbocycles. The van der Waals surface area contributed by atoms with E-state index in [2.05, 4.69) is 10.3 Å². The van der Waals surface area contributed by atoms with E-state index in [1.165, 1.54) is 0 Å². The highest BCUT2D eigenvalue weighted by molar-refractivity contribution is 6.10. The normalized spacial score (nSPS) is 16.9. The van der Waals surface area contributed by atoms with Gasteiger partial charge >= 0.3 is 5.97 Å². The lowest BCUT2D eigenvalue weighted by molar-refractivity contribution is -0.135. The van der Waals surface area contributed by atoms with Crippen molar-refractivity contribution in [3.63, 3.8) is 0 Å². The summed E-state index contributed by atoms with van der Waals surface area (Å²) in [5.41, 5.74) is 3.04. The summed E-state index contributed by atoms with van der Waals surface area (Å²) in [4.78, 5) is 16.1. The van der Waals surface area contributed by atoms with E-state index in [4.69, 9.17) is 9.47 Å². The lowest BCUT2D eigenvalue weighted by Crippen LogP contribution is -2.12. The fourth-order valence-electron chi connectivity index (χ4n) is 2.21. The van der Waals surface area contributed by atoms with Crippen molar-refractivity contribution in [3.05, 3.63) is 29.5 Å². The van der Waals surface area contributed by atoms with E-state index in [-0.39, 0.29) is 12.6 Å². The van der Waals surface area contributed by atoms with Crippen LogP contribution in [0, 0.1) is 0 Å². The maximum atomic E-state index is 11.7. The van der Waals surface area contributed by atoms with Gasteiger partial charge in [-0.2, -0.15) is 0 Å². The summed E-state index contributed by atoms with van der Waals surface area (Å²) in [6.45, 7) is 2.25. The molecule has 0 radical (unpaired) electrons. The van der Waals surface area contributed by atoms with E-state index in [0.29, 0.717) is 5.70 Å². The van der Waals surface area contributed by atoms with Gasteiger partial charge in [0.1, 0.15) is 18.2 Å². The Labute approximate surface area is 110 Å². The molecule has 1 aromatic rings. The number of aliphatic imine (C=N–C) groups is 1. The minimum Gasteiger partial charge on any atom is -0.497 e. The van der Waals surface area contributed by atoms with E-state index in [1.807, 2.05) is 25.1 Å². The minimum atomic E-state index is -0.363. The monoisotopic (exact) mass is 258 g/mol. The molecule has 0 aromatic heterocycles. The molecule has 2 aliphatic rings. The molecule has 2 heterocycles. The molecule has 0 spiro atoms. The van der Waals surface area contributed by atoms with Crippen LogP contribution in [0.25, 0.3) is 5.57 Å². The standard InChI is InChI=1S/C14H14N2O3/c1-3-12-15-11-5-4-8(18-2)6-9(11)10-7-19-14(17)13(10)16-12/h4-6H,3,7H2,1-2H3,(H,15,16). The molecule has 19 heavy (non-hydrogen) atoms. The average Bonchev–Trinajstić information content (AvgIpc) is 2.71. The van der Waals surface area contributed by atoms with E-state index in [0.717, 1.165) is 34.8 Å². The molecule has 5 heteroatoms. The number of nitrogens with one attached hydrogen (secondary N) is 1. The van der Waals surface area contributed by atoms with Crippen molar-refractivity contribution in [1.29, 1.82) is 0 Å². The predicted molar refractivity (Wildman–Crippen MR) is 72.2 cm³/mol. The molecule has 1 N–H and O–H groups in total. The van der Waals surface area contributed by atoms with Crippen LogP contribution >= 0.6 is 0 Å². The SMILES string of the molecule is CCC1=NC2=C(COC2=O)c2cc(OC)ccc2N1. The summed E-state index contributed by atoms with van der Waals surface area (Å²) in [6.07, 6.45) is 0.718. The molecular weight excluding hydrogens is 244 g/mol. The van der Waals surface area contributed by atoms with Gasteiger partial charge in [-0.15, -0.1) is 0 Å². The molecule has 0 saturated carbocycles. The van der Waals surface area contributed by atoms with Crippen LogP contribution in [0.2, 0.25) is 0 Å². The van der Waals surface area contributed by atoms with Crippen LogP contribution in [0.3, 0.4) is 0 Å². The number of amidine groups is 1. The first-order chi connectivity index (χ1) is 9.22. The molecule has 0 amide bonds. The number of ether oxygens (including phenoxy) is 2. The first-order valence-electron chi connectivity index (χ1n) is 6.16. The summed E-state index contributed by atoms with van der Waals surface area (Å²) in [7, 11) is 1.62. The van der Waals surface area contributed by atoms with Crippen LogP contribution < -0.4 is 10.1 Å². The fourth-order valence-corrected chi connectivity index (χ4v) is 2.21. The maximum Gasteiger partial charge on any atom is 0.357 e. The average molecular weight is 258 g/mol. The molecule has 0 saturated heterocycles. The third-order valence-corrected chi connectivity index (χ3v) is 3.24. The number of anilines is 1. The van der Waals surface area contributed by atoms with Crippen molar-refractivity contribution in [1.82, 2.24) is 0 Å². The van der Waals surface area contributed by atoms with E-state index in [1.54, 1.807) is 7.11 Å². The Balaban J connectivity index is 2.20. The number of benzene rings is 1. The van der Waals surface area contributed by atoms with Gasteiger partial charge in [-0.3, -0.25) is 0 Å². The third-order valence-electron chi connectivity index (χ3n) is 3.24. The first kappa shape index (κ1) is 11.8. The quantitative estimate of drug-likeness (QED) is 0.826. The van der Waals surface area contributed by atoms with Crippen molar-refractivity contribution in [3.8, 4) is 5.75 Å². The lowest BCUT2D eigenvalue weighted by atomic mass is 10.0. The molecular formula is C14H14N2O3. The van der Waals surface area contributed by atoms with Gasteiger partial charge in [0, 0.05) is 23.2 Å². The van der Waals surface area contributed by atoms with Crippen molar-refractivity contribution in [2.75, 3.05) is 19.0 Å². The van der Waals surface area contributed by atoms with Crippen LogP contribution in [-0.4, -0.2) is 25.5 Å².